The highest BCUT2D eigenvalue weighted by Gasteiger charge is 2.18. The first-order valence-electron chi connectivity index (χ1n) is 8.44. The Morgan fingerprint density at radius 2 is 1.81 bits per heavy atom. The molecule has 0 aliphatic carbocycles. The van der Waals surface area contributed by atoms with Crippen molar-refractivity contribution >= 4 is 21.7 Å². The van der Waals surface area contributed by atoms with E-state index in [1.54, 1.807) is 0 Å². The van der Waals surface area contributed by atoms with Crippen LogP contribution in [0.1, 0.15) is 36.2 Å². The van der Waals surface area contributed by atoms with Gasteiger partial charge in [-0.3, -0.25) is 0 Å². The van der Waals surface area contributed by atoms with Crippen LogP contribution in [0.25, 0.3) is 0 Å². The molecule has 0 saturated carbocycles. The number of sulfonamides is 1. The van der Waals surface area contributed by atoms with Gasteiger partial charge in [0.25, 0.3) is 0 Å². The molecular formula is C19H24N2O4S. The number of carboxylic acids is 1. The number of carboxylic acid groups (broad SMARTS) is 1. The van der Waals surface area contributed by atoms with Crippen molar-refractivity contribution in [2.24, 2.45) is 5.92 Å². The van der Waals surface area contributed by atoms with Crippen LogP contribution in [0.3, 0.4) is 0 Å². The molecule has 0 radical (unpaired) electrons. The number of anilines is 1. The summed E-state index contributed by atoms with van der Waals surface area (Å²) in [6.07, 6.45) is 0.710. The second kappa shape index (κ2) is 8.82. The van der Waals surface area contributed by atoms with Crippen molar-refractivity contribution < 1.29 is 18.3 Å². The van der Waals surface area contributed by atoms with Gasteiger partial charge in [-0.15, -0.1) is 0 Å². The molecule has 0 spiro atoms. The van der Waals surface area contributed by atoms with Crippen LogP contribution in [0.5, 0.6) is 0 Å². The summed E-state index contributed by atoms with van der Waals surface area (Å²) in [5, 5.41) is 12.5. The predicted molar refractivity (Wildman–Crippen MR) is 102 cm³/mol. The maximum atomic E-state index is 12.4. The Balaban J connectivity index is 2.18. The van der Waals surface area contributed by atoms with E-state index in [4.69, 9.17) is 0 Å². The van der Waals surface area contributed by atoms with Crippen molar-refractivity contribution in [2.75, 3.05) is 11.9 Å². The van der Waals surface area contributed by atoms with E-state index in [1.165, 1.54) is 18.2 Å². The Hall–Kier alpha value is -2.38. The Morgan fingerprint density at radius 3 is 2.42 bits per heavy atom. The van der Waals surface area contributed by atoms with E-state index in [9.17, 15) is 18.3 Å². The maximum Gasteiger partial charge on any atom is 0.337 e. The second-order valence-electron chi connectivity index (χ2n) is 6.43. The van der Waals surface area contributed by atoms with E-state index in [2.05, 4.69) is 10.0 Å². The van der Waals surface area contributed by atoms with E-state index < -0.39 is 16.0 Å². The topological polar surface area (TPSA) is 95.5 Å². The number of hydrogen-bond acceptors (Lipinski definition) is 4. The smallest absolute Gasteiger partial charge is 0.337 e. The minimum Gasteiger partial charge on any atom is -0.478 e. The lowest BCUT2D eigenvalue weighted by atomic mass is 10.1. The maximum absolute atomic E-state index is 12.4. The molecule has 0 fully saturated rings. The molecule has 0 heterocycles. The molecule has 0 aliphatic heterocycles. The Morgan fingerprint density at radius 1 is 1.12 bits per heavy atom. The lowest BCUT2D eigenvalue weighted by Crippen LogP contribution is -2.26. The van der Waals surface area contributed by atoms with E-state index in [1.807, 2.05) is 44.2 Å². The van der Waals surface area contributed by atoms with Gasteiger partial charge in [-0.05, 0) is 36.1 Å². The van der Waals surface area contributed by atoms with Crippen LogP contribution in [0.2, 0.25) is 0 Å². The molecule has 6 nitrogen and oxygen atoms in total. The first-order chi connectivity index (χ1) is 12.3. The van der Waals surface area contributed by atoms with E-state index in [0.717, 1.165) is 5.56 Å². The third kappa shape index (κ3) is 5.57. The van der Waals surface area contributed by atoms with Crippen molar-refractivity contribution in [1.29, 1.82) is 0 Å². The highest BCUT2D eigenvalue weighted by Crippen LogP contribution is 2.21. The van der Waals surface area contributed by atoms with Crippen LogP contribution in [0.4, 0.5) is 5.69 Å². The molecule has 26 heavy (non-hydrogen) atoms. The van der Waals surface area contributed by atoms with Gasteiger partial charge >= 0.3 is 5.97 Å². The summed E-state index contributed by atoms with van der Waals surface area (Å²) in [6.45, 7) is 4.77. The number of hydrogen-bond donors (Lipinski definition) is 3. The van der Waals surface area contributed by atoms with Gasteiger partial charge in [-0.25, -0.2) is 17.9 Å². The summed E-state index contributed by atoms with van der Waals surface area (Å²) in [5.41, 5.74) is 1.30. The van der Waals surface area contributed by atoms with Crippen molar-refractivity contribution in [2.45, 2.75) is 31.7 Å². The van der Waals surface area contributed by atoms with E-state index in [0.29, 0.717) is 31.1 Å². The Bertz CT molecular complexity index is 849. The van der Waals surface area contributed by atoms with Gasteiger partial charge in [0.2, 0.25) is 10.0 Å². The molecule has 0 atom stereocenters. The van der Waals surface area contributed by atoms with Crippen LogP contribution >= 0.6 is 0 Å². The summed E-state index contributed by atoms with van der Waals surface area (Å²) in [7, 11) is -3.74. The Kier molecular flexibility index (Phi) is 6.76. The lowest BCUT2D eigenvalue weighted by molar-refractivity contribution is 0.0697. The van der Waals surface area contributed by atoms with Crippen molar-refractivity contribution in [3.63, 3.8) is 0 Å². The molecule has 0 amide bonds. The Labute approximate surface area is 154 Å². The molecule has 140 valence electrons. The van der Waals surface area contributed by atoms with Gasteiger partial charge in [-0.2, -0.15) is 0 Å². The number of rotatable bonds is 9. The number of nitrogens with one attached hydrogen (secondary N) is 2. The number of carbonyl (C=O) groups is 1. The van der Waals surface area contributed by atoms with Gasteiger partial charge in [0, 0.05) is 18.8 Å². The third-order valence-electron chi connectivity index (χ3n) is 3.87. The molecule has 2 aromatic rings. The number of aromatic carboxylic acids is 1. The quantitative estimate of drug-likeness (QED) is 0.624. The molecule has 3 N–H and O–H groups in total. The summed E-state index contributed by atoms with van der Waals surface area (Å²) in [5.74, 6) is -0.809. The van der Waals surface area contributed by atoms with Gasteiger partial charge in [0.15, 0.2) is 0 Å². The summed E-state index contributed by atoms with van der Waals surface area (Å²) >= 11 is 0. The van der Waals surface area contributed by atoms with E-state index in [-0.39, 0.29) is 10.5 Å². The first-order valence-corrected chi connectivity index (χ1v) is 9.92. The highest BCUT2D eigenvalue weighted by molar-refractivity contribution is 7.89. The van der Waals surface area contributed by atoms with Crippen molar-refractivity contribution in [3.8, 4) is 0 Å². The molecule has 0 bridgehead atoms. The van der Waals surface area contributed by atoms with Crippen molar-refractivity contribution in [3.05, 3.63) is 59.7 Å². The van der Waals surface area contributed by atoms with Crippen LogP contribution in [-0.4, -0.2) is 26.0 Å². The third-order valence-corrected chi connectivity index (χ3v) is 5.33. The SMILES string of the molecule is CC(C)CCNS(=O)(=O)c1ccc(NCc2ccccc2)c(C(=O)O)c1. The molecule has 0 aromatic heterocycles. The summed E-state index contributed by atoms with van der Waals surface area (Å²) < 4.78 is 27.2. The van der Waals surface area contributed by atoms with Crippen LogP contribution in [0, 0.1) is 5.92 Å². The normalized spacial score (nSPS) is 11.5. The average molecular weight is 376 g/mol. The second-order valence-corrected chi connectivity index (χ2v) is 8.20. The van der Waals surface area contributed by atoms with Crippen molar-refractivity contribution in [1.82, 2.24) is 4.72 Å². The number of benzene rings is 2. The molecule has 0 unspecified atom stereocenters. The zero-order valence-electron chi connectivity index (χ0n) is 14.9. The highest BCUT2D eigenvalue weighted by atomic mass is 32.2. The zero-order valence-corrected chi connectivity index (χ0v) is 15.7. The fraction of sp³-hybridized carbons (Fsp3) is 0.316. The largest absolute Gasteiger partial charge is 0.478 e. The molecular weight excluding hydrogens is 352 g/mol. The zero-order chi connectivity index (χ0) is 19.2. The van der Waals surface area contributed by atoms with E-state index >= 15 is 0 Å². The fourth-order valence-corrected chi connectivity index (χ4v) is 3.45. The van der Waals surface area contributed by atoms with Gasteiger partial charge in [0.1, 0.15) is 0 Å². The monoisotopic (exact) mass is 376 g/mol. The van der Waals surface area contributed by atoms with Gasteiger partial charge in [-0.1, -0.05) is 44.2 Å². The standard InChI is InChI=1S/C19H24N2O4S/c1-14(2)10-11-21-26(24,25)16-8-9-18(17(12-16)19(22)23)20-13-15-6-4-3-5-7-15/h3-9,12,14,20-21H,10-11,13H2,1-2H3,(H,22,23). The fourth-order valence-electron chi connectivity index (χ4n) is 2.38. The minimum absolute atomic E-state index is 0.0519. The lowest BCUT2D eigenvalue weighted by Gasteiger charge is -2.13. The molecule has 2 rings (SSSR count). The van der Waals surface area contributed by atoms with Crippen LogP contribution in [0.15, 0.2) is 53.4 Å². The first kappa shape index (κ1) is 19.9. The van der Waals surface area contributed by atoms with Crippen LogP contribution < -0.4 is 10.0 Å². The molecule has 0 saturated heterocycles. The van der Waals surface area contributed by atoms with Crippen LogP contribution in [-0.2, 0) is 16.6 Å². The summed E-state index contributed by atoms with van der Waals surface area (Å²) in [6, 6.07) is 13.6. The summed E-state index contributed by atoms with van der Waals surface area (Å²) in [4.78, 5) is 11.5. The van der Waals surface area contributed by atoms with Gasteiger partial charge < -0.3 is 10.4 Å². The molecule has 2 aromatic carbocycles. The average Bonchev–Trinajstić information content (AvgIpc) is 2.60. The predicted octanol–water partition coefficient (Wildman–Crippen LogP) is 3.32. The molecule has 0 aliphatic rings. The minimum atomic E-state index is -3.74. The molecule has 7 heteroatoms. The van der Waals surface area contributed by atoms with Gasteiger partial charge in [0.05, 0.1) is 10.5 Å².